The summed E-state index contributed by atoms with van der Waals surface area (Å²) in [6, 6.07) is 10.1. The molecular weight excluding hydrogens is 606 g/mol. The molecule has 1 aliphatic carbocycles. The molecule has 0 unspecified atom stereocenters. The van der Waals surface area contributed by atoms with Gasteiger partial charge in [0, 0.05) is 70.4 Å². The minimum absolute atomic E-state index is 0. The van der Waals surface area contributed by atoms with E-state index >= 15 is 0 Å². The van der Waals surface area contributed by atoms with E-state index in [0.29, 0.717) is 68.9 Å². The number of piperazine rings is 1. The van der Waals surface area contributed by atoms with Crippen LogP contribution in [0.4, 0.5) is 11.6 Å². The molecule has 12 nitrogen and oxygen atoms in total. The van der Waals surface area contributed by atoms with Crippen LogP contribution >= 0.6 is 13.5 Å². The number of amides is 2. The van der Waals surface area contributed by atoms with Gasteiger partial charge in [-0.1, -0.05) is 13.0 Å². The molecule has 1 saturated heterocycles. The summed E-state index contributed by atoms with van der Waals surface area (Å²) in [6.07, 6.45) is 7.06. The SMILES string of the molecule is CCC(=O)N1CCN(c2cc(C(=O)NC[C@H](O)CN3CCc4cc(OCc5cnco5)ccc4C3)cc(NC3CCC3)n2)CC1.S. The lowest BCUT2D eigenvalue weighted by molar-refractivity contribution is -0.131. The van der Waals surface area contributed by atoms with Gasteiger partial charge in [-0.15, -0.1) is 0 Å². The lowest BCUT2D eigenvalue weighted by Crippen LogP contribution is -2.49. The van der Waals surface area contributed by atoms with E-state index < -0.39 is 6.10 Å². The van der Waals surface area contributed by atoms with Gasteiger partial charge in [-0.05, 0) is 61.1 Å². The Morgan fingerprint density at radius 2 is 1.93 bits per heavy atom. The number of anilines is 2. The van der Waals surface area contributed by atoms with E-state index in [1.54, 1.807) is 12.3 Å². The Labute approximate surface area is 276 Å². The van der Waals surface area contributed by atoms with Gasteiger partial charge in [-0.25, -0.2) is 9.97 Å². The van der Waals surface area contributed by atoms with E-state index in [1.807, 2.05) is 24.0 Å². The van der Waals surface area contributed by atoms with Crippen molar-refractivity contribution in [3.8, 4) is 5.75 Å². The first-order chi connectivity index (χ1) is 21.9. The van der Waals surface area contributed by atoms with Crippen LogP contribution in [0.3, 0.4) is 0 Å². The number of carbonyl (C=O) groups excluding carboxylic acids is 2. The minimum atomic E-state index is -0.710. The van der Waals surface area contributed by atoms with Crippen molar-refractivity contribution in [2.24, 2.45) is 0 Å². The van der Waals surface area contributed by atoms with E-state index in [-0.39, 0.29) is 31.9 Å². The van der Waals surface area contributed by atoms with Crippen LogP contribution < -0.4 is 20.3 Å². The number of nitrogens with one attached hydrogen (secondary N) is 2. The Bertz CT molecular complexity index is 1460. The van der Waals surface area contributed by atoms with Crippen molar-refractivity contribution >= 4 is 36.9 Å². The van der Waals surface area contributed by atoms with Gasteiger partial charge in [0.1, 0.15) is 24.0 Å². The lowest BCUT2D eigenvalue weighted by Gasteiger charge is -2.36. The fourth-order valence-electron chi connectivity index (χ4n) is 6.03. The molecule has 4 heterocycles. The zero-order chi connectivity index (χ0) is 31.2. The van der Waals surface area contributed by atoms with Gasteiger partial charge in [0.25, 0.3) is 5.91 Å². The summed E-state index contributed by atoms with van der Waals surface area (Å²) in [5, 5.41) is 17.3. The first kappa shape index (κ1) is 33.6. The summed E-state index contributed by atoms with van der Waals surface area (Å²) in [6.45, 7) is 6.98. The molecule has 2 aliphatic heterocycles. The molecule has 2 aromatic heterocycles. The average Bonchev–Trinajstić information content (AvgIpc) is 3.58. The molecular formula is C33H45N7O5S. The van der Waals surface area contributed by atoms with Crippen molar-refractivity contribution in [3.05, 3.63) is 65.4 Å². The number of fused-ring (bicyclic) bond motifs is 1. The smallest absolute Gasteiger partial charge is 0.251 e. The molecule has 2 amide bonds. The number of pyridine rings is 1. The van der Waals surface area contributed by atoms with Gasteiger partial charge in [0.15, 0.2) is 12.2 Å². The number of ether oxygens (including phenoxy) is 1. The third kappa shape index (κ3) is 8.51. The molecule has 1 aromatic carbocycles. The van der Waals surface area contributed by atoms with E-state index in [4.69, 9.17) is 14.1 Å². The molecule has 1 atom stereocenters. The maximum atomic E-state index is 13.3. The van der Waals surface area contributed by atoms with Gasteiger partial charge >= 0.3 is 0 Å². The van der Waals surface area contributed by atoms with Gasteiger partial charge in [-0.2, -0.15) is 13.5 Å². The summed E-state index contributed by atoms with van der Waals surface area (Å²) >= 11 is 0. The molecule has 3 aromatic rings. The number of oxazole rings is 1. The second kappa shape index (κ2) is 15.7. The first-order valence-electron chi connectivity index (χ1n) is 16.1. The largest absolute Gasteiger partial charge is 0.486 e. The van der Waals surface area contributed by atoms with Crippen LogP contribution in [0.1, 0.15) is 59.9 Å². The lowest BCUT2D eigenvalue weighted by atomic mass is 9.93. The number of hydrogen-bond donors (Lipinski definition) is 3. The summed E-state index contributed by atoms with van der Waals surface area (Å²) in [7, 11) is 0. The highest BCUT2D eigenvalue weighted by Crippen LogP contribution is 2.27. The molecule has 13 heteroatoms. The van der Waals surface area contributed by atoms with Crippen LogP contribution in [-0.2, 0) is 24.4 Å². The number of aliphatic hydroxyl groups excluding tert-OH is 1. The van der Waals surface area contributed by atoms with Crippen molar-refractivity contribution in [1.82, 2.24) is 25.1 Å². The normalized spacial score (nSPS) is 17.3. The Morgan fingerprint density at radius 1 is 1.11 bits per heavy atom. The predicted octanol–water partition coefficient (Wildman–Crippen LogP) is 2.93. The van der Waals surface area contributed by atoms with Crippen LogP contribution in [0.2, 0.25) is 0 Å². The number of nitrogens with zero attached hydrogens (tertiary/aromatic N) is 5. The number of benzene rings is 1. The fraction of sp³-hybridized carbons (Fsp3) is 0.515. The summed E-state index contributed by atoms with van der Waals surface area (Å²) in [5.74, 6) is 2.81. The molecule has 3 N–H and O–H groups in total. The highest BCUT2D eigenvalue weighted by molar-refractivity contribution is 7.59. The molecule has 6 rings (SSSR count). The number of aliphatic hydroxyl groups is 1. The zero-order valence-corrected chi connectivity index (χ0v) is 27.4. The van der Waals surface area contributed by atoms with E-state index in [1.165, 1.54) is 23.9 Å². The Kier molecular flexibility index (Phi) is 11.4. The maximum absolute atomic E-state index is 13.3. The molecule has 0 bridgehead atoms. The third-order valence-electron chi connectivity index (χ3n) is 8.89. The average molecular weight is 652 g/mol. The fourth-order valence-corrected chi connectivity index (χ4v) is 6.03. The minimum Gasteiger partial charge on any atom is -0.486 e. The molecule has 0 radical (unpaired) electrons. The van der Waals surface area contributed by atoms with Crippen LogP contribution in [0, 0.1) is 0 Å². The maximum Gasteiger partial charge on any atom is 0.251 e. The monoisotopic (exact) mass is 651 g/mol. The van der Waals surface area contributed by atoms with Crippen LogP contribution in [0.5, 0.6) is 5.75 Å². The van der Waals surface area contributed by atoms with Crippen LogP contribution in [0.15, 0.2) is 47.3 Å². The summed E-state index contributed by atoms with van der Waals surface area (Å²) in [4.78, 5) is 40.4. The quantitative estimate of drug-likeness (QED) is 0.268. The van der Waals surface area contributed by atoms with Crippen molar-refractivity contribution < 1.29 is 23.8 Å². The van der Waals surface area contributed by atoms with E-state index in [2.05, 4.69) is 37.6 Å². The number of rotatable bonds is 12. The first-order valence-corrected chi connectivity index (χ1v) is 16.1. The number of aromatic nitrogens is 2. The molecule has 3 aliphatic rings. The number of β-amino-alcohol motifs (C(OH)–C–C–N with tert-alkyl or cyclic N) is 1. The molecule has 1 saturated carbocycles. The topological polar surface area (TPSA) is 136 Å². The number of carbonyl (C=O) groups is 2. The van der Waals surface area contributed by atoms with Crippen molar-refractivity contribution in [2.75, 3.05) is 56.0 Å². The highest BCUT2D eigenvalue weighted by atomic mass is 32.1. The Balaban J connectivity index is 0.00000417. The highest BCUT2D eigenvalue weighted by Gasteiger charge is 2.25. The van der Waals surface area contributed by atoms with Gasteiger partial charge < -0.3 is 34.7 Å². The zero-order valence-electron chi connectivity index (χ0n) is 26.4. The van der Waals surface area contributed by atoms with Crippen LogP contribution in [0.25, 0.3) is 0 Å². The van der Waals surface area contributed by atoms with Gasteiger partial charge in [0.2, 0.25) is 5.91 Å². The molecule has 248 valence electrons. The van der Waals surface area contributed by atoms with Crippen molar-refractivity contribution in [1.29, 1.82) is 0 Å². The Hall–Kier alpha value is -3.81. The Morgan fingerprint density at radius 3 is 2.65 bits per heavy atom. The summed E-state index contributed by atoms with van der Waals surface area (Å²) < 4.78 is 11.1. The van der Waals surface area contributed by atoms with Gasteiger partial charge in [-0.3, -0.25) is 14.5 Å². The van der Waals surface area contributed by atoms with Crippen molar-refractivity contribution in [3.63, 3.8) is 0 Å². The van der Waals surface area contributed by atoms with Crippen LogP contribution in [-0.4, -0.2) is 94.6 Å². The third-order valence-corrected chi connectivity index (χ3v) is 8.89. The van der Waals surface area contributed by atoms with Crippen molar-refractivity contribution in [2.45, 2.75) is 64.3 Å². The van der Waals surface area contributed by atoms with Gasteiger partial charge in [0.05, 0.1) is 12.3 Å². The second-order valence-corrected chi connectivity index (χ2v) is 12.1. The number of hydrogen-bond acceptors (Lipinski definition) is 10. The second-order valence-electron chi connectivity index (χ2n) is 12.1. The predicted molar refractivity (Wildman–Crippen MR) is 180 cm³/mol. The standard InChI is InChI=1S/C33H43N7O5.H2S/c1-2-32(42)40-12-10-39(11-13-40)31-16-25(15-30(37-31)36-26-4-3-5-26)33(43)35-17-27(41)20-38-9-8-23-14-28(7-6-24(23)19-38)44-21-29-18-34-22-45-29;/h6-7,14-16,18,22,26-27,41H,2-5,8-13,17,19-21H2,1H3,(H,35,43)(H,36,37);1H2/t27-;/m0./s1. The van der Waals surface area contributed by atoms with E-state index in [0.717, 1.165) is 43.9 Å². The van der Waals surface area contributed by atoms with E-state index in [9.17, 15) is 14.7 Å². The molecule has 0 spiro atoms. The summed E-state index contributed by atoms with van der Waals surface area (Å²) in [5.41, 5.74) is 2.96. The molecule has 46 heavy (non-hydrogen) atoms. The molecule has 2 fully saturated rings.